The van der Waals surface area contributed by atoms with Crippen LogP contribution in [0.3, 0.4) is 0 Å². The van der Waals surface area contributed by atoms with E-state index in [1.807, 2.05) is 0 Å². The Balaban J connectivity index is 1.37. The number of benzene rings is 2. The number of anilines is 1. The predicted molar refractivity (Wildman–Crippen MR) is 132 cm³/mol. The van der Waals surface area contributed by atoms with E-state index in [4.69, 9.17) is 14.3 Å². The van der Waals surface area contributed by atoms with Gasteiger partial charge >= 0.3 is 0 Å². The van der Waals surface area contributed by atoms with Gasteiger partial charge in [0.15, 0.2) is 0 Å². The lowest BCUT2D eigenvalue weighted by Crippen LogP contribution is -2.37. The maximum absolute atomic E-state index is 14.6. The summed E-state index contributed by atoms with van der Waals surface area (Å²) in [5, 5.41) is 6.71. The molecule has 2 heterocycles. The highest BCUT2D eigenvalue weighted by Gasteiger charge is 2.22. The zero-order valence-corrected chi connectivity index (χ0v) is 20.5. The van der Waals surface area contributed by atoms with Gasteiger partial charge in [0.2, 0.25) is 5.91 Å². The van der Waals surface area contributed by atoms with Crippen LogP contribution in [-0.4, -0.2) is 80.7 Å². The maximum Gasteiger partial charge on any atom is 0.254 e. The van der Waals surface area contributed by atoms with Crippen LogP contribution in [0.1, 0.15) is 27.9 Å². The smallest absolute Gasteiger partial charge is 0.254 e. The van der Waals surface area contributed by atoms with Crippen molar-refractivity contribution >= 4 is 23.8 Å². The largest absolute Gasteiger partial charge is 0.494 e. The average molecular weight is 515 g/mol. The van der Waals surface area contributed by atoms with Crippen LogP contribution in [0.25, 0.3) is 0 Å². The van der Waals surface area contributed by atoms with Gasteiger partial charge in [0.25, 0.3) is 5.91 Å². The molecule has 198 valence electrons. The van der Waals surface area contributed by atoms with E-state index >= 15 is 0 Å². The molecule has 2 amide bonds. The monoisotopic (exact) mass is 514 g/mol. The molecule has 2 fully saturated rings. The number of amides is 2. The molecule has 2 N–H and O–H groups in total. The summed E-state index contributed by atoms with van der Waals surface area (Å²) in [6.45, 7) is 4.56. The fraction of sp³-hybridized carbons (Fsp3) is 0.423. The van der Waals surface area contributed by atoms with Crippen LogP contribution < -0.4 is 15.4 Å². The number of carbonyl (C=O) groups is 3. The van der Waals surface area contributed by atoms with Gasteiger partial charge in [0.1, 0.15) is 31.0 Å². The van der Waals surface area contributed by atoms with E-state index in [-0.39, 0.29) is 32.1 Å². The third kappa shape index (κ3) is 7.80. The number of ether oxygens (including phenoxy) is 2. The van der Waals surface area contributed by atoms with Crippen LogP contribution in [0.2, 0.25) is 0 Å². The van der Waals surface area contributed by atoms with Crippen molar-refractivity contribution < 1.29 is 33.1 Å². The number of carbonyl (C=O) groups excluding carboxylic acids is 3. The lowest BCUT2D eigenvalue weighted by Gasteiger charge is -2.26. The first-order valence-corrected chi connectivity index (χ1v) is 12.2. The normalized spacial score (nSPS) is 17.2. The molecule has 0 radical (unpaired) electrons. The number of morpholine rings is 1. The first kappa shape index (κ1) is 26.7. The van der Waals surface area contributed by atoms with Crippen molar-refractivity contribution in [3.63, 3.8) is 0 Å². The summed E-state index contributed by atoms with van der Waals surface area (Å²) in [6, 6.07) is 9.75. The molecule has 2 saturated heterocycles. The van der Waals surface area contributed by atoms with Crippen molar-refractivity contribution in [1.82, 2.24) is 15.3 Å². The number of nitrogens with zero attached hydrogens (tertiary/aromatic N) is 2. The maximum atomic E-state index is 14.6. The van der Waals surface area contributed by atoms with Gasteiger partial charge < -0.3 is 14.8 Å². The molecule has 0 spiro atoms. The van der Waals surface area contributed by atoms with Gasteiger partial charge in [-0.3, -0.25) is 29.4 Å². The molecule has 2 aromatic rings. The molecule has 0 saturated carbocycles. The average Bonchev–Trinajstić information content (AvgIpc) is 3.07. The third-order valence-electron chi connectivity index (χ3n) is 6.13. The number of hydrogen-bond acceptors (Lipinski definition) is 9. The second kappa shape index (κ2) is 13.2. The molecule has 10 nitrogen and oxygen atoms in total. The van der Waals surface area contributed by atoms with Crippen molar-refractivity contribution in [3.8, 4) is 5.75 Å². The molecule has 0 atom stereocenters. The molecule has 37 heavy (non-hydrogen) atoms. The summed E-state index contributed by atoms with van der Waals surface area (Å²) >= 11 is 0. The Kier molecular flexibility index (Phi) is 9.55. The van der Waals surface area contributed by atoms with Crippen LogP contribution in [0.15, 0.2) is 36.4 Å². The van der Waals surface area contributed by atoms with E-state index in [0.717, 1.165) is 39.3 Å². The molecule has 4 rings (SSSR count). The molecular weight excluding hydrogens is 483 g/mol. The van der Waals surface area contributed by atoms with Crippen molar-refractivity contribution in [2.45, 2.75) is 19.5 Å². The molecule has 2 aliphatic heterocycles. The Morgan fingerprint density at radius 3 is 2.78 bits per heavy atom. The number of rotatable bonds is 11. The Hall–Kier alpha value is -3.38. The van der Waals surface area contributed by atoms with Crippen LogP contribution in [-0.2, 0) is 32.3 Å². The minimum Gasteiger partial charge on any atom is -0.494 e. The molecule has 11 heteroatoms. The summed E-state index contributed by atoms with van der Waals surface area (Å²) < 4.78 is 25.8. The number of halogens is 1. The summed E-state index contributed by atoms with van der Waals surface area (Å²) in [5.74, 6) is -0.833. The molecular formula is C26H31FN4O6. The Labute approximate surface area is 214 Å². The topological polar surface area (TPSA) is 109 Å². The van der Waals surface area contributed by atoms with Gasteiger partial charge in [-0.05, 0) is 30.7 Å². The van der Waals surface area contributed by atoms with E-state index in [0.29, 0.717) is 41.0 Å². The second-order valence-corrected chi connectivity index (χ2v) is 8.80. The van der Waals surface area contributed by atoms with Gasteiger partial charge in [-0.25, -0.2) is 4.39 Å². The first-order chi connectivity index (χ1) is 18.0. The molecule has 0 aromatic heterocycles. The molecule has 0 aliphatic carbocycles. The lowest BCUT2D eigenvalue weighted by molar-refractivity contribution is -0.169. The lowest BCUT2D eigenvalue weighted by atomic mass is 10.1. The highest BCUT2D eigenvalue weighted by atomic mass is 19.1. The third-order valence-corrected chi connectivity index (χ3v) is 6.13. The van der Waals surface area contributed by atoms with E-state index in [2.05, 4.69) is 15.5 Å². The number of imide groups is 1. The Morgan fingerprint density at radius 2 is 1.97 bits per heavy atom. The van der Waals surface area contributed by atoms with Crippen molar-refractivity contribution in [2.75, 3.05) is 57.9 Å². The van der Waals surface area contributed by atoms with Crippen LogP contribution in [0, 0.1) is 5.82 Å². The summed E-state index contributed by atoms with van der Waals surface area (Å²) in [7, 11) is 0. The van der Waals surface area contributed by atoms with Crippen LogP contribution in [0.4, 0.5) is 10.1 Å². The van der Waals surface area contributed by atoms with Crippen LogP contribution >= 0.6 is 0 Å². The van der Waals surface area contributed by atoms with E-state index in [1.165, 1.54) is 11.1 Å². The Bertz CT molecular complexity index is 1110. The van der Waals surface area contributed by atoms with Crippen molar-refractivity contribution in [3.05, 3.63) is 58.9 Å². The zero-order valence-electron chi connectivity index (χ0n) is 20.5. The minimum absolute atomic E-state index is 0.0761. The summed E-state index contributed by atoms with van der Waals surface area (Å²) in [4.78, 5) is 42.9. The van der Waals surface area contributed by atoms with Gasteiger partial charge in [-0.15, -0.1) is 0 Å². The summed E-state index contributed by atoms with van der Waals surface area (Å²) in [5.41, 5.74) is 1.95. The number of hydroxylamine groups is 2. The molecule has 2 aliphatic rings. The highest BCUT2D eigenvalue weighted by Crippen LogP contribution is 2.24. The van der Waals surface area contributed by atoms with Gasteiger partial charge in [-0.2, -0.15) is 5.06 Å². The van der Waals surface area contributed by atoms with E-state index in [9.17, 15) is 18.8 Å². The zero-order chi connectivity index (χ0) is 26.0. The Morgan fingerprint density at radius 1 is 1.14 bits per heavy atom. The van der Waals surface area contributed by atoms with Crippen molar-refractivity contribution in [2.24, 2.45) is 0 Å². The number of aldehydes is 1. The molecule has 0 unspecified atom stereocenters. The number of hydrogen-bond donors (Lipinski definition) is 2. The van der Waals surface area contributed by atoms with Gasteiger partial charge in [0, 0.05) is 48.6 Å². The predicted octanol–water partition coefficient (Wildman–Crippen LogP) is 1.74. The molecule has 2 aromatic carbocycles. The van der Waals surface area contributed by atoms with Gasteiger partial charge in [0.05, 0.1) is 26.4 Å². The first-order valence-electron chi connectivity index (χ1n) is 12.2. The minimum atomic E-state index is -0.534. The van der Waals surface area contributed by atoms with E-state index < -0.39 is 11.8 Å². The fourth-order valence-electron chi connectivity index (χ4n) is 4.19. The SMILES string of the molecule is O=Cc1cccc(NCc2cc(OCCCN3CCOCC3)ccc2F)c1CN1CC(=O)NC(=O)CO1. The fourth-order valence-corrected chi connectivity index (χ4v) is 4.19. The van der Waals surface area contributed by atoms with Crippen LogP contribution in [0.5, 0.6) is 5.75 Å². The summed E-state index contributed by atoms with van der Waals surface area (Å²) in [6.07, 6.45) is 1.56. The standard InChI is InChI=1S/C26H31FN4O6/c27-23-6-5-21(36-10-2-7-30-8-11-35-12-9-30)13-20(23)14-28-24-4-1-3-19(17-32)22(24)15-31-16-25(33)29-26(34)18-37-31/h1,3-6,13,17,28H,2,7-12,14-16,18H2,(H,29,33,34). The second-order valence-electron chi connectivity index (χ2n) is 8.80. The van der Waals surface area contributed by atoms with Gasteiger partial charge in [-0.1, -0.05) is 12.1 Å². The van der Waals surface area contributed by atoms with E-state index in [1.54, 1.807) is 30.3 Å². The van der Waals surface area contributed by atoms with Crippen molar-refractivity contribution in [1.29, 1.82) is 0 Å². The highest BCUT2D eigenvalue weighted by molar-refractivity contribution is 5.97. The molecule has 0 bridgehead atoms. The quantitative estimate of drug-likeness (QED) is 0.263. The number of nitrogens with one attached hydrogen (secondary N) is 2.